The first-order valence-electron chi connectivity index (χ1n) is 8.02. The van der Waals surface area contributed by atoms with Crippen molar-refractivity contribution >= 4 is 34.4 Å². The topological polar surface area (TPSA) is 70.6 Å². The van der Waals surface area contributed by atoms with Crippen LogP contribution in [0.15, 0.2) is 59.6 Å². The molecule has 0 saturated carbocycles. The summed E-state index contributed by atoms with van der Waals surface area (Å²) in [6.07, 6.45) is 0.323. The molecule has 0 saturated heterocycles. The van der Waals surface area contributed by atoms with Crippen LogP contribution < -0.4 is 10.6 Å². The number of benzene rings is 2. The van der Waals surface area contributed by atoms with Crippen molar-refractivity contribution in [3.8, 4) is 0 Å². The van der Waals surface area contributed by atoms with Crippen molar-refractivity contribution in [3.63, 3.8) is 0 Å². The summed E-state index contributed by atoms with van der Waals surface area (Å²) in [4.78, 5) is 28.6. The minimum absolute atomic E-state index is 0.0784. The summed E-state index contributed by atoms with van der Waals surface area (Å²) in [7, 11) is 0. The van der Waals surface area contributed by atoms with Crippen LogP contribution >= 0.6 is 11.8 Å². The highest BCUT2D eigenvalue weighted by molar-refractivity contribution is 8.14. The Kier molecular flexibility index (Phi) is 5.50. The summed E-state index contributed by atoms with van der Waals surface area (Å²) in [5.74, 6) is -0.0213. The summed E-state index contributed by atoms with van der Waals surface area (Å²) in [6, 6.07) is 17.1. The van der Waals surface area contributed by atoms with Gasteiger partial charge in [-0.05, 0) is 24.6 Å². The molecule has 5 nitrogen and oxygen atoms in total. The van der Waals surface area contributed by atoms with Crippen LogP contribution in [-0.2, 0) is 9.59 Å². The largest absolute Gasteiger partial charge is 0.325 e. The molecule has 0 radical (unpaired) electrons. The van der Waals surface area contributed by atoms with Gasteiger partial charge in [0.05, 0.1) is 18.2 Å². The quantitative estimate of drug-likeness (QED) is 0.886. The standard InChI is InChI=1S/C19H19N3O2S/c1-13-7-9-15(10-8-13)20-18(24)12-25-19-21-16(11-17(23)22-19)14-5-3-2-4-6-14/h2-10,16H,11-12H2,1H3,(H,20,24)(H,21,22,23). The minimum Gasteiger partial charge on any atom is -0.325 e. The first-order chi connectivity index (χ1) is 12.1. The number of rotatable bonds is 4. The zero-order valence-corrected chi connectivity index (χ0v) is 14.7. The number of amidine groups is 1. The summed E-state index contributed by atoms with van der Waals surface area (Å²) >= 11 is 1.24. The number of nitrogens with zero attached hydrogens (tertiary/aromatic N) is 1. The van der Waals surface area contributed by atoms with Crippen molar-refractivity contribution in [2.75, 3.05) is 11.1 Å². The number of anilines is 1. The summed E-state index contributed by atoms with van der Waals surface area (Å²) < 4.78 is 0. The second-order valence-electron chi connectivity index (χ2n) is 5.82. The molecule has 2 N–H and O–H groups in total. The van der Waals surface area contributed by atoms with E-state index in [0.717, 1.165) is 16.8 Å². The first kappa shape index (κ1) is 17.2. The molecular formula is C19H19N3O2S. The molecule has 0 fully saturated rings. The van der Waals surface area contributed by atoms with E-state index in [9.17, 15) is 9.59 Å². The number of nitrogens with one attached hydrogen (secondary N) is 2. The van der Waals surface area contributed by atoms with E-state index >= 15 is 0 Å². The van der Waals surface area contributed by atoms with Gasteiger partial charge in [-0.15, -0.1) is 0 Å². The Morgan fingerprint density at radius 1 is 1.20 bits per heavy atom. The molecule has 0 spiro atoms. The fourth-order valence-corrected chi connectivity index (χ4v) is 3.20. The van der Waals surface area contributed by atoms with Crippen molar-refractivity contribution in [2.24, 2.45) is 4.99 Å². The van der Waals surface area contributed by atoms with Crippen molar-refractivity contribution in [2.45, 2.75) is 19.4 Å². The third kappa shape index (κ3) is 4.93. The molecule has 6 heteroatoms. The van der Waals surface area contributed by atoms with Gasteiger partial charge in [-0.3, -0.25) is 14.6 Å². The zero-order chi connectivity index (χ0) is 17.6. The number of carbonyl (C=O) groups is 2. The lowest BCUT2D eigenvalue weighted by Gasteiger charge is -2.20. The van der Waals surface area contributed by atoms with Gasteiger partial charge in [-0.25, -0.2) is 0 Å². The minimum atomic E-state index is -0.197. The van der Waals surface area contributed by atoms with Gasteiger partial charge >= 0.3 is 0 Å². The molecule has 1 unspecified atom stereocenters. The molecule has 2 aromatic carbocycles. The number of aryl methyl sites for hydroxylation is 1. The fraction of sp³-hybridized carbons (Fsp3) is 0.211. The molecule has 128 valence electrons. The van der Waals surface area contributed by atoms with E-state index in [-0.39, 0.29) is 23.6 Å². The van der Waals surface area contributed by atoms with Crippen LogP contribution in [0.1, 0.15) is 23.6 Å². The van der Waals surface area contributed by atoms with Gasteiger partial charge in [-0.1, -0.05) is 59.8 Å². The van der Waals surface area contributed by atoms with Crippen LogP contribution in [0, 0.1) is 6.92 Å². The number of carbonyl (C=O) groups excluding carboxylic acids is 2. The predicted molar refractivity (Wildman–Crippen MR) is 102 cm³/mol. The Bertz CT molecular complexity index is 788. The molecule has 0 aliphatic carbocycles. The lowest BCUT2D eigenvalue weighted by atomic mass is 10.0. The van der Waals surface area contributed by atoms with E-state index in [1.807, 2.05) is 61.5 Å². The molecule has 0 bridgehead atoms. The van der Waals surface area contributed by atoms with Crippen molar-refractivity contribution in [1.82, 2.24) is 5.32 Å². The fourth-order valence-electron chi connectivity index (χ4n) is 2.47. The average Bonchev–Trinajstić information content (AvgIpc) is 2.62. The predicted octanol–water partition coefficient (Wildman–Crippen LogP) is 3.28. The van der Waals surface area contributed by atoms with Gasteiger partial charge in [0.25, 0.3) is 0 Å². The number of hydrogen-bond acceptors (Lipinski definition) is 4. The third-order valence-corrected chi connectivity index (χ3v) is 4.65. The molecule has 1 aliphatic heterocycles. The van der Waals surface area contributed by atoms with Crippen LogP contribution in [-0.4, -0.2) is 22.7 Å². The Hall–Kier alpha value is -2.60. The maximum atomic E-state index is 12.1. The molecule has 0 aromatic heterocycles. The van der Waals surface area contributed by atoms with Gasteiger partial charge in [0, 0.05) is 5.69 Å². The smallest absolute Gasteiger partial charge is 0.234 e. The number of aliphatic imine (C=N–C) groups is 1. The van der Waals surface area contributed by atoms with Crippen molar-refractivity contribution in [1.29, 1.82) is 0 Å². The van der Waals surface area contributed by atoms with Gasteiger partial charge in [-0.2, -0.15) is 0 Å². The second kappa shape index (κ2) is 7.98. The van der Waals surface area contributed by atoms with E-state index < -0.39 is 0 Å². The molecular weight excluding hydrogens is 334 g/mol. The molecule has 2 aromatic rings. The Morgan fingerprint density at radius 3 is 2.64 bits per heavy atom. The van der Waals surface area contributed by atoms with Gasteiger partial charge in [0.2, 0.25) is 11.8 Å². The lowest BCUT2D eigenvalue weighted by molar-refractivity contribution is -0.120. The van der Waals surface area contributed by atoms with Crippen molar-refractivity contribution < 1.29 is 9.59 Å². The summed E-state index contributed by atoms with van der Waals surface area (Å²) in [5, 5.41) is 6.06. The molecule has 1 heterocycles. The van der Waals surface area contributed by atoms with Gasteiger partial charge < -0.3 is 10.6 Å². The van der Waals surface area contributed by atoms with Crippen LogP contribution in [0.4, 0.5) is 5.69 Å². The highest BCUT2D eigenvalue weighted by atomic mass is 32.2. The van der Waals surface area contributed by atoms with E-state index in [0.29, 0.717) is 11.6 Å². The summed E-state index contributed by atoms with van der Waals surface area (Å²) in [6.45, 7) is 1.99. The first-order valence-corrected chi connectivity index (χ1v) is 9.00. The normalized spacial score (nSPS) is 16.8. The molecule has 25 heavy (non-hydrogen) atoms. The maximum Gasteiger partial charge on any atom is 0.234 e. The maximum absolute atomic E-state index is 12.1. The Balaban J connectivity index is 1.59. The monoisotopic (exact) mass is 353 g/mol. The van der Waals surface area contributed by atoms with Crippen LogP contribution in [0.25, 0.3) is 0 Å². The van der Waals surface area contributed by atoms with Crippen LogP contribution in [0.2, 0.25) is 0 Å². The van der Waals surface area contributed by atoms with Crippen molar-refractivity contribution in [3.05, 3.63) is 65.7 Å². The molecule has 3 rings (SSSR count). The van der Waals surface area contributed by atoms with Gasteiger partial charge in [0.15, 0.2) is 5.17 Å². The zero-order valence-electron chi connectivity index (χ0n) is 13.9. The van der Waals surface area contributed by atoms with E-state index in [1.165, 1.54) is 11.8 Å². The number of amides is 2. The molecule has 1 atom stereocenters. The van der Waals surface area contributed by atoms with E-state index in [1.54, 1.807) is 0 Å². The third-order valence-electron chi connectivity index (χ3n) is 3.76. The average molecular weight is 353 g/mol. The molecule has 2 amide bonds. The van der Waals surface area contributed by atoms with E-state index in [4.69, 9.17) is 0 Å². The van der Waals surface area contributed by atoms with Gasteiger partial charge in [0.1, 0.15) is 0 Å². The highest BCUT2D eigenvalue weighted by Gasteiger charge is 2.22. The lowest BCUT2D eigenvalue weighted by Crippen LogP contribution is -2.35. The van der Waals surface area contributed by atoms with Crippen LogP contribution in [0.5, 0.6) is 0 Å². The molecule has 1 aliphatic rings. The Labute approximate surface area is 150 Å². The summed E-state index contributed by atoms with van der Waals surface area (Å²) in [5.41, 5.74) is 2.89. The second-order valence-corrected chi connectivity index (χ2v) is 6.78. The Morgan fingerprint density at radius 2 is 1.92 bits per heavy atom. The number of thioether (sulfide) groups is 1. The van der Waals surface area contributed by atoms with E-state index in [2.05, 4.69) is 15.6 Å². The number of hydrogen-bond donors (Lipinski definition) is 2. The van der Waals surface area contributed by atoms with Crippen LogP contribution in [0.3, 0.4) is 0 Å². The SMILES string of the molecule is Cc1ccc(NC(=O)CSC2=NC(c3ccccc3)CC(=O)N2)cc1. The highest BCUT2D eigenvalue weighted by Crippen LogP contribution is 2.25.